The first-order chi connectivity index (χ1) is 13.5. The summed E-state index contributed by atoms with van der Waals surface area (Å²) in [5, 5.41) is 25.7. The minimum Gasteiger partial charge on any atom is -0.497 e. The number of ether oxygens (including phenoxy) is 2. The van der Waals surface area contributed by atoms with E-state index < -0.39 is 18.3 Å². The Bertz CT molecular complexity index is 653. The highest BCUT2D eigenvalue weighted by Crippen LogP contribution is 2.26. The Hall–Kier alpha value is -1.91. The zero-order valence-electron chi connectivity index (χ0n) is 16.4. The van der Waals surface area contributed by atoms with Crippen molar-refractivity contribution in [3.05, 3.63) is 24.3 Å². The largest absolute Gasteiger partial charge is 0.497 e. The fourth-order valence-electron chi connectivity index (χ4n) is 3.79. The highest BCUT2D eigenvalue weighted by atomic mass is 16.5. The number of urea groups is 1. The number of amides is 2. The Morgan fingerprint density at radius 2 is 2.04 bits per heavy atom. The highest BCUT2D eigenvalue weighted by molar-refractivity contribution is 5.89. The summed E-state index contributed by atoms with van der Waals surface area (Å²) in [7, 11) is 3.63. The van der Waals surface area contributed by atoms with Crippen molar-refractivity contribution in [1.29, 1.82) is 0 Å². The number of aliphatic hydroxyl groups excluding tert-OH is 2. The van der Waals surface area contributed by atoms with Crippen LogP contribution in [0.3, 0.4) is 0 Å². The van der Waals surface area contributed by atoms with Gasteiger partial charge in [-0.3, -0.25) is 4.90 Å². The first kappa shape index (κ1) is 20.8. The molecule has 4 atom stereocenters. The van der Waals surface area contributed by atoms with Gasteiger partial charge in [0.05, 0.1) is 25.9 Å². The smallest absolute Gasteiger partial charge is 0.319 e. The predicted molar refractivity (Wildman–Crippen MR) is 105 cm³/mol. The molecular weight excluding hydrogens is 364 g/mol. The summed E-state index contributed by atoms with van der Waals surface area (Å²) in [5.74, 6) is 0.654. The average Bonchev–Trinajstić information content (AvgIpc) is 3.02. The molecule has 156 valence electrons. The maximum absolute atomic E-state index is 12.3. The maximum Gasteiger partial charge on any atom is 0.319 e. The Labute approximate surface area is 165 Å². The molecule has 2 aliphatic heterocycles. The number of anilines is 1. The molecule has 0 aromatic heterocycles. The van der Waals surface area contributed by atoms with Gasteiger partial charge in [0.1, 0.15) is 18.0 Å². The molecule has 2 amide bonds. The number of piperazine rings is 1. The van der Waals surface area contributed by atoms with Crippen molar-refractivity contribution in [1.82, 2.24) is 15.1 Å². The first-order valence-electron chi connectivity index (χ1n) is 9.57. The Morgan fingerprint density at radius 3 is 2.71 bits per heavy atom. The third kappa shape index (κ3) is 4.92. The number of hydrogen-bond acceptors (Lipinski definition) is 7. The summed E-state index contributed by atoms with van der Waals surface area (Å²) in [6.07, 6.45) is -1.83. The molecule has 0 unspecified atom stereocenters. The molecule has 1 aromatic rings. The van der Waals surface area contributed by atoms with Crippen molar-refractivity contribution in [3.8, 4) is 5.75 Å². The van der Waals surface area contributed by atoms with Gasteiger partial charge in [-0.15, -0.1) is 0 Å². The van der Waals surface area contributed by atoms with Gasteiger partial charge in [0.25, 0.3) is 0 Å². The van der Waals surface area contributed by atoms with E-state index in [0.717, 1.165) is 26.2 Å². The van der Waals surface area contributed by atoms with Crippen LogP contribution < -0.4 is 15.4 Å². The van der Waals surface area contributed by atoms with E-state index in [0.29, 0.717) is 11.4 Å². The molecule has 28 heavy (non-hydrogen) atoms. The lowest BCUT2D eigenvalue weighted by atomic mass is 10.0. The van der Waals surface area contributed by atoms with E-state index in [2.05, 4.69) is 27.5 Å². The van der Waals surface area contributed by atoms with Crippen LogP contribution in [-0.2, 0) is 4.74 Å². The van der Waals surface area contributed by atoms with Crippen LogP contribution in [0.15, 0.2) is 24.3 Å². The van der Waals surface area contributed by atoms with Crippen LogP contribution in [0.5, 0.6) is 5.75 Å². The SMILES string of the molecule is COc1cccc(NC(=O)NC[C@H]2O[C@@H](CO)[C@@H](O)[C@@H]2N2CCN(C)CC2)c1. The fourth-order valence-corrected chi connectivity index (χ4v) is 3.79. The molecule has 0 radical (unpaired) electrons. The van der Waals surface area contributed by atoms with Gasteiger partial charge in [0, 0.05) is 44.5 Å². The molecule has 0 spiro atoms. The van der Waals surface area contributed by atoms with Gasteiger partial charge in [-0.2, -0.15) is 0 Å². The summed E-state index contributed by atoms with van der Waals surface area (Å²) < 4.78 is 11.0. The summed E-state index contributed by atoms with van der Waals surface area (Å²) in [4.78, 5) is 16.7. The van der Waals surface area contributed by atoms with Gasteiger partial charge in [-0.25, -0.2) is 4.79 Å². The molecule has 2 aliphatic rings. The number of methoxy groups -OCH3 is 1. The second-order valence-electron chi connectivity index (χ2n) is 7.28. The summed E-state index contributed by atoms with van der Waals surface area (Å²) in [5.41, 5.74) is 0.619. The van der Waals surface area contributed by atoms with Crippen LogP contribution in [0.25, 0.3) is 0 Å². The second-order valence-corrected chi connectivity index (χ2v) is 7.28. The first-order valence-corrected chi connectivity index (χ1v) is 9.57. The van der Waals surface area contributed by atoms with Crippen LogP contribution in [0.2, 0.25) is 0 Å². The number of carbonyl (C=O) groups excluding carboxylic acids is 1. The van der Waals surface area contributed by atoms with Crippen LogP contribution in [-0.4, -0.2) is 104 Å². The third-order valence-electron chi connectivity index (χ3n) is 5.39. The van der Waals surface area contributed by atoms with Gasteiger partial charge in [0.15, 0.2) is 0 Å². The minimum atomic E-state index is -0.790. The molecule has 0 bridgehead atoms. The Kier molecular flexibility index (Phi) is 7.08. The molecule has 3 rings (SSSR count). The Morgan fingerprint density at radius 1 is 1.29 bits per heavy atom. The number of carbonyl (C=O) groups is 1. The quantitative estimate of drug-likeness (QED) is 0.518. The van der Waals surface area contributed by atoms with E-state index in [1.807, 2.05) is 0 Å². The van der Waals surface area contributed by atoms with Crippen LogP contribution in [0, 0.1) is 0 Å². The number of aliphatic hydroxyl groups is 2. The highest BCUT2D eigenvalue weighted by Gasteiger charge is 2.46. The van der Waals surface area contributed by atoms with Crippen LogP contribution in [0.1, 0.15) is 0 Å². The molecule has 2 fully saturated rings. The van der Waals surface area contributed by atoms with Crippen molar-refractivity contribution in [3.63, 3.8) is 0 Å². The normalized spacial score (nSPS) is 28.9. The average molecular weight is 394 g/mol. The lowest BCUT2D eigenvalue weighted by Gasteiger charge is -2.39. The molecule has 0 aliphatic carbocycles. The van der Waals surface area contributed by atoms with Gasteiger partial charge in [-0.1, -0.05) is 6.07 Å². The number of rotatable bonds is 6. The molecule has 2 heterocycles. The number of nitrogens with zero attached hydrogens (tertiary/aromatic N) is 2. The van der Waals surface area contributed by atoms with Crippen molar-refractivity contribution < 1.29 is 24.5 Å². The van der Waals surface area contributed by atoms with Crippen molar-refractivity contribution in [2.24, 2.45) is 0 Å². The lowest BCUT2D eigenvalue weighted by molar-refractivity contribution is -0.0205. The van der Waals surface area contributed by atoms with E-state index in [-0.39, 0.29) is 25.2 Å². The van der Waals surface area contributed by atoms with Crippen LogP contribution >= 0.6 is 0 Å². The van der Waals surface area contributed by atoms with E-state index >= 15 is 0 Å². The Balaban J connectivity index is 1.58. The number of benzene rings is 1. The third-order valence-corrected chi connectivity index (χ3v) is 5.39. The molecule has 2 saturated heterocycles. The van der Waals surface area contributed by atoms with Crippen molar-refractivity contribution in [2.75, 3.05) is 58.8 Å². The zero-order chi connectivity index (χ0) is 20.1. The summed E-state index contributed by atoms with van der Waals surface area (Å²) in [6.45, 7) is 3.42. The van der Waals surface area contributed by atoms with E-state index in [9.17, 15) is 15.0 Å². The van der Waals surface area contributed by atoms with Crippen molar-refractivity contribution >= 4 is 11.7 Å². The molecule has 1 aromatic carbocycles. The number of hydrogen-bond donors (Lipinski definition) is 4. The van der Waals surface area contributed by atoms with E-state index in [1.54, 1.807) is 31.4 Å². The summed E-state index contributed by atoms with van der Waals surface area (Å²) >= 11 is 0. The summed E-state index contributed by atoms with van der Waals surface area (Å²) in [6, 6.07) is 6.46. The molecule has 9 heteroatoms. The monoisotopic (exact) mass is 394 g/mol. The topological polar surface area (TPSA) is 107 Å². The number of likely N-dealkylation sites (N-methyl/N-ethyl adjacent to an activating group) is 1. The molecule has 0 saturated carbocycles. The van der Waals surface area contributed by atoms with Gasteiger partial charge < -0.3 is 35.2 Å². The standard InChI is InChI=1S/C19H30N4O5/c1-22-6-8-23(9-7-22)17-15(28-16(12-24)18(17)25)11-20-19(26)21-13-4-3-5-14(10-13)27-2/h3-5,10,15-18,24-25H,6-9,11-12H2,1-2H3,(H2,20,21,26)/t15-,16+,17-,18-/m1/s1. The second kappa shape index (κ2) is 9.53. The molecule has 4 N–H and O–H groups in total. The van der Waals surface area contributed by atoms with Crippen molar-refractivity contribution in [2.45, 2.75) is 24.4 Å². The lowest BCUT2D eigenvalue weighted by Crippen LogP contribution is -2.57. The predicted octanol–water partition coefficient (Wildman–Crippen LogP) is -0.447. The van der Waals surface area contributed by atoms with Gasteiger partial charge in [-0.05, 0) is 19.2 Å². The minimum absolute atomic E-state index is 0.236. The number of nitrogens with one attached hydrogen (secondary N) is 2. The maximum atomic E-state index is 12.3. The van der Waals surface area contributed by atoms with E-state index in [4.69, 9.17) is 9.47 Å². The zero-order valence-corrected chi connectivity index (χ0v) is 16.4. The van der Waals surface area contributed by atoms with Crippen LogP contribution in [0.4, 0.5) is 10.5 Å². The van der Waals surface area contributed by atoms with Gasteiger partial charge in [0.2, 0.25) is 0 Å². The van der Waals surface area contributed by atoms with E-state index in [1.165, 1.54) is 0 Å². The van der Waals surface area contributed by atoms with Gasteiger partial charge >= 0.3 is 6.03 Å². The molecule has 9 nitrogen and oxygen atoms in total. The fraction of sp³-hybridized carbons (Fsp3) is 0.632. The molecular formula is C19H30N4O5.